The molecule has 3 rings (SSSR count). The number of nitrogens with one attached hydrogen (secondary N) is 1. The van der Waals surface area contributed by atoms with Crippen LogP contribution in [0, 0.1) is 5.92 Å². The van der Waals surface area contributed by atoms with E-state index in [1.54, 1.807) is 18.5 Å². The summed E-state index contributed by atoms with van der Waals surface area (Å²) in [4.78, 5) is 36.7. The average molecular weight is 346 g/mol. The van der Waals surface area contributed by atoms with E-state index >= 15 is 0 Å². The number of piperazine rings is 1. The smallest absolute Gasteiger partial charge is 0.225 e. The Kier molecular flexibility index (Phi) is 5.80. The first kappa shape index (κ1) is 17.6. The van der Waals surface area contributed by atoms with Gasteiger partial charge in [-0.1, -0.05) is 0 Å². The van der Waals surface area contributed by atoms with Gasteiger partial charge in [-0.2, -0.15) is 0 Å². The molecule has 1 saturated carbocycles. The second-order valence-corrected chi connectivity index (χ2v) is 6.73. The second kappa shape index (κ2) is 8.24. The van der Waals surface area contributed by atoms with Gasteiger partial charge in [-0.05, 0) is 25.3 Å². The predicted octanol–water partition coefficient (Wildman–Crippen LogP) is -0.241. The zero-order valence-corrected chi connectivity index (χ0v) is 14.4. The molecule has 1 aromatic heterocycles. The van der Waals surface area contributed by atoms with Crippen LogP contribution in [0.25, 0.3) is 0 Å². The molecule has 2 aliphatic rings. The zero-order valence-electron chi connectivity index (χ0n) is 14.4. The number of hydrogen-bond acceptors (Lipinski definition) is 6. The summed E-state index contributed by atoms with van der Waals surface area (Å²) < 4.78 is 0. The Morgan fingerprint density at radius 1 is 1.16 bits per heavy atom. The molecule has 8 heteroatoms. The highest BCUT2D eigenvalue weighted by atomic mass is 16.2. The van der Waals surface area contributed by atoms with E-state index in [9.17, 15) is 9.59 Å². The molecular weight excluding hydrogens is 320 g/mol. The summed E-state index contributed by atoms with van der Waals surface area (Å²) >= 11 is 0. The van der Waals surface area contributed by atoms with Gasteiger partial charge in [0.1, 0.15) is 0 Å². The number of nitrogens with zero attached hydrogens (tertiary/aromatic N) is 4. The highest BCUT2D eigenvalue weighted by Crippen LogP contribution is 2.23. The molecule has 0 radical (unpaired) electrons. The van der Waals surface area contributed by atoms with E-state index in [0.29, 0.717) is 32.0 Å². The number of carbonyl (C=O) groups is 2. The summed E-state index contributed by atoms with van der Waals surface area (Å²) in [7, 11) is 0. The fraction of sp³-hybridized carbons (Fsp3) is 0.647. The van der Waals surface area contributed by atoms with Crippen LogP contribution in [-0.2, 0) is 9.59 Å². The Morgan fingerprint density at radius 2 is 1.88 bits per heavy atom. The minimum Gasteiger partial charge on any atom is -0.355 e. The number of nitrogens with two attached hydrogens (primary N) is 1. The molecule has 1 aliphatic heterocycles. The van der Waals surface area contributed by atoms with E-state index in [2.05, 4.69) is 20.2 Å². The van der Waals surface area contributed by atoms with Crippen molar-refractivity contribution < 1.29 is 9.59 Å². The number of aromatic nitrogens is 2. The maximum absolute atomic E-state index is 12.3. The van der Waals surface area contributed by atoms with Crippen LogP contribution < -0.4 is 16.0 Å². The number of carbonyl (C=O) groups excluding carboxylic acids is 2. The molecule has 3 N–H and O–H groups in total. The van der Waals surface area contributed by atoms with Crippen molar-refractivity contribution in [3.8, 4) is 0 Å². The highest BCUT2D eigenvalue weighted by Gasteiger charge is 2.28. The Bertz CT molecular complexity index is 588. The van der Waals surface area contributed by atoms with Crippen LogP contribution in [0.3, 0.4) is 0 Å². The topological polar surface area (TPSA) is 104 Å². The summed E-state index contributed by atoms with van der Waals surface area (Å²) in [5, 5.41) is 2.88. The van der Waals surface area contributed by atoms with E-state index in [1.807, 2.05) is 4.90 Å². The van der Waals surface area contributed by atoms with E-state index in [0.717, 1.165) is 32.4 Å². The standard InChI is InChI=1S/C17H26N6O2/c18-14-3-2-13(12-14)16(25)19-7-4-15(24)22-8-10-23(11-9-22)17-20-5-1-6-21-17/h1,5-6,13-14H,2-4,7-12,18H2,(H,19,25). The third-order valence-electron chi connectivity index (χ3n) is 4.95. The van der Waals surface area contributed by atoms with E-state index in [-0.39, 0.29) is 23.8 Å². The van der Waals surface area contributed by atoms with Gasteiger partial charge in [0.05, 0.1) is 0 Å². The minimum absolute atomic E-state index is 0.0134. The van der Waals surface area contributed by atoms with Gasteiger partial charge in [0.15, 0.2) is 0 Å². The van der Waals surface area contributed by atoms with Gasteiger partial charge < -0.3 is 20.9 Å². The van der Waals surface area contributed by atoms with Crippen molar-refractivity contribution in [3.63, 3.8) is 0 Å². The summed E-state index contributed by atoms with van der Waals surface area (Å²) in [6, 6.07) is 1.93. The van der Waals surface area contributed by atoms with Crippen LogP contribution >= 0.6 is 0 Å². The Labute approximate surface area is 147 Å². The monoisotopic (exact) mass is 346 g/mol. The van der Waals surface area contributed by atoms with Crippen molar-refractivity contribution in [1.82, 2.24) is 20.2 Å². The van der Waals surface area contributed by atoms with E-state index < -0.39 is 0 Å². The molecule has 0 spiro atoms. The number of rotatable bonds is 5. The molecule has 25 heavy (non-hydrogen) atoms. The molecule has 136 valence electrons. The van der Waals surface area contributed by atoms with Crippen LogP contribution in [0.2, 0.25) is 0 Å². The van der Waals surface area contributed by atoms with Crippen molar-refractivity contribution in [2.24, 2.45) is 11.7 Å². The maximum Gasteiger partial charge on any atom is 0.225 e. The lowest BCUT2D eigenvalue weighted by Crippen LogP contribution is -2.49. The number of anilines is 1. The molecule has 8 nitrogen and oxygen atoms in total. The zero-order chi connectivity index (χ0) is 17.6. The lowest BCUT2D eigenvalue weighted by atomic mass is 10.1. The van der Waals surface area contributed by atoms with Gasteiger partial charge >= 0.3 is 0 Å². The molecule has 1 saturated heterocycles. The molecule has 2 unspecified atom stereocenters. The highest BCUT2D eigenvalue weighted by molar-refractivity contribution is 5.81. The Balaban J connectivity index is 1.36. The quantitative estimate of drug-likeness (QED) is 0.762. The normalized spacial score (nSPS) is 23.6. The lowest BCUT2D eigenvalue weighted by Gasteiger charge is -2.34. The average Bonchev–Trinajstić information content (AvgIpc) is 3.09. The molecule has 0 aromatic carbocycles. The third-order valence-corrected chi connectivity index (χ3v) is 4.95. The molecule has 2 atom stereocenters. The molecule has 1 aromatic rings. The minimum atomic E-state index is 0.0134. The summed E-state index contributed by atoms with van der Waals surface area (Å²) in [6.07, 6.45) is 6.30. The molecular formula is C17H26N6O2. The molecule has 1 aliphatic carbocycles. The number of hydrogen-bond donors (Lipinski definition) is 2. The SMILES string of the molecule is NC1CCC(C(=O)NCCC(=O)N2CCN(c3ncccn3)CC2)C1. The second-order valence-electron chi connectivity index (χ2n) is 6.73. The fourth-order valence-electron chi connectivity index (χ4n) is 3.46. The van der Waals surface area contributed by atoms with Gasteiger partial charge in [0, 0.05) is 63.5 Å². The largest absolute Gasteiger partial charge is 0.355 e. The van der Waals surface area contributed by atoms with Crippen LogP contribution in [0.4, 0.5) is 5.95 Å². The van der Waals surface area contributed by atoms with Crippen LogP contribution in [0.1, 0.15) is 25.7 Å². The first-order valence-corrected chi connectivity index (χ1v) is 8.96. The van der Waals surface area contributed by atoms with Gasteiger partial charge in [-0.3, -0.25) is 9.59 Å². The third kappa shape index (κ3) is 4.66. The van der Waals surface area contributed by atoms with Crippen molar-refractivity contribution in [3.05, 3.63) is 18.5 Å². The van der Waals surface area contributed by atoms with Crippen LogP contribution in [0.15, 0.2) is 18.5 Å². The predicted molar refractivity (Wildman–Crippen MR) is 93.8 cm³/mol. The summed E-state index contributed by atoms with van der Waals surface area (Å²) in [5.41, 5.74) is 5.84. The summed E-state index contributed by atoms with van der Waals surface area (Å²) in [6.45, 7) is 3.15. The molecule has 0 bridgehead atoms. The summed E-state index contributed by atoms with van der Waals surface area (Å²) in [5.74, 6) is 0.833. The Hall–Kier alpha value is -2.22. The maximum atomic E-state index is 12.3. The van der Waals surface area contributed by atoms with Gasteiger partial charge in [0.2, 0.25) is 17.8 Å². The van der Waals surface area contributed by atoms with Gasteiger partial charge in [-0.25, -0.2) is 9.97 Å². The molecule has 2 amide bonds. The van der Waals surface area contributed by atoms with Crippen molar-refractivity contribution >= 4 is 17.8 Å². The first-order valence-electron chi connectivity index (χ1n) is 8.96. The van der Waals surface area contributed by atoms with E-state index in [4.69, 9.17) is 5.73 Å². The fourth-order valence-corrected chi connectivity index (χ4v) is 3.46. The van der Waals surface area contributed by atoms with Crippen LogP contribution in [-0.4, -0.2) is 65.4 Å². The van der Waals surface area contributed by atoms with Gasteiger partial charge in [-0.15, -0.1) is 0 Å². The van der Waals surface area contributed by atoms with Crippen molar-refractivity contribution in [2.45, 2.75) is 31.7 Å². The van der Waals surface area contributed by atoms with E-state index in [1.165, 1.54) is 0 Å². The molecule has 2 fully saturated rings. The van der Waals surface area contributed by atoms with Crippen molar-refractivity contribution in [1.29, 1.82) is 0 Å². The molecule has 2 heterocycles. The van der Waals surface area contributed by atoms with Crippen molar-refractivity contribution in [2.75, 3.05) is 37.6 Å². The van der Waals surface area contributed by atoms with Gasteiger partial charge in [0.25, 0.3) is 0 Å². The number of amides is 2. The first-order chi connectivity index (χ1) is 12.1. The van der Waals surface area contributed by atoms with Crippen LogP contribution in [0.5, 0.6) is 0 Å². The lowest BCUT2D eigenvalue weighted by molar-refractivity contribution is -0.131. The Morgan fingerprint density at radius 3 is 2.52 bits per heavy atom.